The molecule has 0 aliphatic carbocycles. The molecular weight excluding hydrogens is 359 g/mol. The molecule has 0 saturated carbocycles. The maximum absolute atomic E-state index is 12.9. The molecule has 1 saturated heterocycles. The summed E-state index contributed by atoms with van der Waals surface area (Å²) < 4.78 is 12.9. The predicted molar refractivity (Wildman–Crippen MR) is 105 cm³/mol. The van der Waals surface area contributed by atoms with E-state index in [4.69, 9.17) is 0 Å². The number of hydrogen-bond acceptors (Lipinski definition) is 3. The summed E-state index contributed by atoms with van der Waals surface area (Å²) in [6.07, 6.45) is 2.46. The molecule has 2 aromatic carbocycles. The number of amides is 1. The van der Waals surface area contributed by atoms with Crippen molar-refractivity contribution >= 4 is 11.9 Å². The second-order valence-electron chi connectivity index (χ2n) is 7.22. The Bertz CT molecular complexity index is 823. The fourth-order valence-corrected chi connectivity index (χ4v) is 3.61. The van der Waals surface area contributed by atoms with Crippen LogP contribution >= 0.6 is 0 Å². The number of nitrogens with one attached hydrogen (secondary N) is 1. The number of aromatic carboxylic acids is 1. The van der Waals surface area contributed by atoms with Crippen LogP contribution in [0.3, 0.4) is 0 Å². The summed E-state index contributed by atoms with van der Waals surface area (Å²) >= 11 is 0. The lowest BCUT2D eigenvalue weighted by Gasteiger charge is -2.33. The summed E-state index contributed by atoms with van der Waals surface area (Å²) in [5.74, 6) is -0.939. The van der Waals surface area contributed by atoms with Gasteiger partial charge < -0.3 is 15.3 Å². The van der Waals surface area contributed by atoms with E-state index in [0.717, 1.165) is 37.1 Å². The predicted octanol–water partition coefficient (Wildman–Crippen LogP) is 3.41. The number of carboxylic acids is 1. The van der Waals surface area contributed by atoms with Crippen LogP contribution < -0.4 is 5.32 Å². The number of piperidine rings is 1. The first-order valence-corrected chi connectivity index (χ1v) is 9.58. The third-order valence-corrected chi connectivity index (χ3v) is 5.17. The highest BCUT2D eigenvalue weighted by Crippen LogP contribution is 2.27. The molecule has 2 aromatic rings. The van der Waals surface area contributed by atoms with Gasteiger partial charge in [-0.25, -0.2) is 9.18 Å². The molecule has 3 rings (SSSR count). The van der Waals surface area contributed by atoms with E-state index in [9.17, 15) is 19.1 Å². The Morgan fingerprint density at radius 1 is 1.18 bits per heavy atom. The van der Waals surface area contributed by atoms with E-state index in [1.54, 1.807) is 30.3 Å². The molecule has 148 valence electrons. The van der Waals surface area contributed by atoms with Gasteiger partial charge in [-0.05, 0) is 60.7 Å². The molecule has 1 aliphatic heterocycles. The highest BCUT2D eigenvalue weighted by molar-refractivity contribution is 5.87. The van der Waals surface area contributed by atoms with Gasteiger partial charge in [0, 0.05) is 26.1 Å². The zero-order chi connectivity index (χ0) is 19.9. The lowest BCUT2D eigenvalue weighted by Crippen LogP contribution is -2.37. The fraction of sp³-hybridized carbons (Fsp3) is 0.364. The lowest BCUT2D eigenvalue weighted by atomic mass is 9.89. The van der Waals surface area contributed by atoms with Gasteiger partial charge in [-0.2, -0.15) is 0 Å². The summed E-state index contributed by atoms with van der Waals surface area (Å²) in [6, 6.07) is 13.2. The van der Waals surface area contributed by atoms with Crippen LogP contribution in [0.4, 0.5) is 4.39 Å². The SMILES string of the molecule is O=C(CCN1CCC[C@@H](c2cccc(C(=O)O)c2)C1)NCc1ccc(F)cc1. The summed E-state index contributed by atoms with van der Waals surface area (Å²) in [6.45, 7) is 2.84. The van der Waals surface area contributed by atoms with E-state index in [2.05, 4.69) is 10.2 Å². The van der Waals surface area contributed by atoms with Gasteiger partial charge in [0.05, 0.1) is 5.56 Å². The van der Waals surface area contributed by atoms with Gasteiger partial charge in [0.2, 0.25) is 5.91 Å². The summed E-state index contributed by atoms with van der Waals surface area (Å²) in [5, 5.41) is 12.0. The van der Waals surface area contributed by atoms with Crippen molar-refractivity contribution < 1.29 is 19.1 Å². The first kappa shape index (κ1) is 20.0. The van der Waals surface area contributed by atoms with Gasteiger partial charge in [0.25, 0.3) is 0 Å². The average Bonchev–Trinajstić information content (AvgIpc) is 2.72. The number of rotatable bonds is 7. The smallest absolute Gasteiger partial charge is 0.335 e. The molecule has 5 nitrogen and oxygen atoms in total. The number of hydrogen-bond donors (Lipinski definition) is 2. The third kappa shape index (κ3) is 5.63. The molecule has 1 aliphatic rings. The van der Waals surface area contributed by atoms with Gasteiger partial charge in [0.15, 0.2) is 0 Å². The van der Waals surface area contributed by atoms with Crippen molar-refractivity contribution in [2.75, 3.05) is 19.6 Å². The number of nitrogens with zero attached hydrogens (tertiary/aromatic N) is 1. The molecule has 1 heterocycles. The molecule has 1 amide bonds. The quantitative estimate of drug-likeness (QED) is 0.768. The number of carboxylic acid groups (broad SMARTS) is 1. The van der Waals surface area contributed by atoms with Crippen molar-refractivity contribution in [3.05, 3.63) is 71.0 Å². The molecule has 28 heavy (non-hydrogen) atoms. The number of carbonyl (C=O) groups is 2. The topological polar surface area (TPSA) is 69.6 Å². The van der Waals surface area contributed by atoms with Crippen molar-refractivity contribution in [1.82, 2.24) is 10.2 Å². The number of carbonyl (C=O) groups excluding carboxylic acids is 1. The Kier molecular flexibility index (Phi) is 6.76. The molecule has 6 heteroatoms. The first-order valence-electron chi connectivity index (χ1n) is 9.58. The first-order chi connectivity index (χ1) is 13.5. The van der Waals surface area contributed by atoms with E-state index in [1.165, 1.54) is 12.1 Å². The number of benzene rings is 2. The van der Waals surface area contributed by atoms with Crippen molar-refractivity contribution in [2.45, 2.75) is 31.7 Å². The molecule has 0 spiro atoms. The van der Waals surface area contributed by atoms with E-state index < -0.39 is 5.97 Å². The van der Waals surface area contributed by atoms with E-state index in [0.29, 0.717) is 25.1 Å². The lowest BCUT2D eigenvalue weighted by molar-refractivity contribution is -0.121. The van der Waals surface area contributed by atoms with Crippen molar-refractivity contribution in [1.29, 1.82) is 0 Å². The van der Waals surface area contributed by atoms with Crippen LogP contribution in [0, 0.1) is 5.82 Å². The number of halogens is 1. The molecule has 1 fully saturated rings. The Morgan fingerprint density at radius 2 is 1.96 bits per heavy atom. The Morgan fingerprint density at radius 3 is 2.71 bits per heavy atom. The van der Waals surface area contributed by atoms with Gasteiger partial charge in [0.1, 0.15) is 5.82 Å². The Hall–Kier alpha value is -2.73. The Balaban J connectivity index is 1.47. The van der Waals surface area contributed by atoms with Crippen LogP contribution in [0.25, 0.3) is 0 Å². The second kappa shape index (κ2) is 9.46. The van der Waals surface area contributed by atoms with Crippen LogP contribution in [-0.4, -0.2) is 41.5 Å². The zero-order valence-corrected chi connectivity index (χ0v) is 15.7. The fourth-order valence-electron chi connectivity index (χ4n) is 3.61. The molecule has 0 radical (unpaired) electrons. The maximum Gasteiger partial charge on any atom is 0.335 e. The van der Waals surface area contributed by atoms with Gasteiger partial charge in [-0.1, -0.05) is 24.3 Å². The van der Waals surface area contributed by atoms with Crippen molar-refractivity contribution in [3.63, 3.8) is 0 Å². The van der Waals surface area contributed by atoms with Gasteiger partial charge in [-0.15, -0.1) is 0 Å². The summed E-state index contributed by atoms with van der Waals surface area (Å²) in [4.78, 5) is 25.6. The standard InChI is InChI=1S/C22H25FN2O3/c23-20-8-6-16(7-9-20)14-24-21(26)10-12-25-11-2-5-19(15-25)17-3-1-4-18(13-17)22(27)28/h1,3-4,6-9,13,19H,2,5,10-12,14-15H2,(H,24,26)(H,27,28)/t19-/m1/s1. The van der Waals surface area contributed by atoms with E-state index >= 15 is 0 Å². The van der Waals surface area contributed by atoms with E-state index in [-0.39, 0.29) is 17.6 Å². The normalized spacial score (nSPS) is 17.2. The summed E-state index contributed by atoms with van der Waals surface area (Å²) in [5.41, 5.74) is 2.23. The van der Waals surface area contributed by atoms with Gasteiger partial charge >= 0.3 is 5.97 Å². The molecule has 0 unspecified atom stereocenters. The molecule has 2 N–H and O–H groups in total. The molecule has 0 bridgehead atoms. The highest BCUT2D eigenvalue weighted by atomic mass is 19.1. The Labute approximate surface area is 164 Å². The summed E-state index contributed by atoms with van der Waals surface area (Å²) in [7, 11) is 0. The average molecular weight is 384 g/mol. The minimum absolute atomic E-state index is 0.0284. The highest BCUT2D eigenvalue weighted by Gasteiger charge is 2.22. The maximum atomic E-state index is 12.9. The van der Waals surface area contributed by atoms with Gasteiger partial charge in [-0.3, -0.25) is 4.79 Å². The monoisotopic (exact) mass is 384 g/mol. The zero-order valence-electron chi connectivity index (χ0n) is 15.7. The molecular formula is C22H25FN2O3. The minimum atomic E-state index is -0.910. The molecule has 0 aromatic heterocycles. The largest absolute Gasteiger partial charge is 0.478 e. The minimum Gasteiger partial charge on any atom is -0.478 e. The van der Waals surface area contributed by atoms with Crippen LogP contribution in [0.2, 0.25) is 0 Å². The number of likely N-dealkylation sites (tertiary alicyclic amines) is 1. The van der Waals surface area contributed by atoms with Crippen LogP contribution in [0.1, 0.15) is 46.7 Å². The van der Waals surface area contributed by atoms with Crippen LogP contribution in [-0.2, 0) is 11.3 Å². The van der Waals surface area contributed by atoms with Crippen molar-refractivity contribution in [3.8, 4) is 0 Å². The second-order valence-corrected chi connectivity index (χ2v) is 7.22. The molecule has 1 atom stereocenters. The van der Waals surface area contributed by atoms with Crippen LogP contribution in [0.15, 0.2) is 48.5 Å². The third-order valence-electron chi connectivity index (χ3n) is 5.17. The van der Waals surface area contributed by atoms with Crippen molar-refractivity contribution in [2.24, 2.45) is 0 Å². The van der Waals surface area contributed by atoms with Crippen LogP contribution in [0.5, 0.6) is 0 Å². The van der Waals surface area contributed by atoms with E-state index in [1.807, 2.05) is 6.07 Å².